The van der Waals surface area contributed by atoms with Crippen molar-refractivity contribution < 1.29 is 33.3 Å². The zero-order valence-electron chi connectivity index (χ0n) is 17.3. The summed E-state index contributed by atoms with van der Waals surface area (Å²) in [6.07, 6.45) is 0. The maximum absolute atomic E-state index is 12.3. The van der Waals surface area contributed by atoms with Crippen molar-refractivity contribution in [2.24, 2.45) is 0 Å². The van der Waals surface area contributed by atoms with Gasteiger partial charge in [-0.3, -0.25) is 9.59 Å². The molecule has 10 heteroatoms. The van der Waals surface area contributed by atoms with Crippen LogP contribution >= 0.6 is 11.6 Å². The van der Waals surface area contributed by atoms with E-state index in [9.17, 15) is 14.4 Å². The monoisotopic (exact) mass is 450 g/mol. The minimum Gasteiger partial charge on any atom is -0.495 e. The summed E-state index contributed by atoms with van der Waals surface area (Å²) < 4.78 is 20.9. The van der Waals surface area contributed by atoms with E-state index in [4.69, 9.17) is 30.5 Å². The van der Waals surface area contributed by atoms with Gasteiger partial charge in [-0.1, -0.05) is 11.6 Å². The van der Waals surface area contributed by atoms with Crippen molar-refractivity contribution >= 4 is 35.1 Å². The summed E-state index contributed by atoms with van der Waals surface area (Å²) >= 11 is 5.95. The molecule has 0 bridgehead atoms. The third kappa shape index (κ3) is 7.07. The highest BCUT2D eigenvalue weighted by Crippen LogP contribution is 2.29. The summed E-state index contributed by atoms with van der Waals surface area (Å²) in [5.74, 6) is -0.623. The normalized spacial score (nSPS) is 10.1. The van der Waals surface area contributed by atoms with Crippen molar-refractivity contribution in [1.82, 2.24) is 5.32 Å². The highest BCUT2D eigenvalue weighted by atomic mass is 35.5. The third-order valence-corrected chi connectivity index (χ3v) is 4.14. The van der Waals surface area contributed by atoms with Gasteiger partial charge in [-0.05, 0) is 43.3 Å². The number of rotatable bonds is 10. The second-order valence-corrected chi connectivity index (χ2v) is 6.51. The molecule has 166 valence electrons. The summed E-state index contributed by atoms with van der Waals surface area (Å²) in [6.45, 7) is 1.48. The van der Waals surface area contributed by atoms with Crippen LogP contribution in [0.5, 0.6) is 17.2 Å². The van der Waals surface area contributed by atoms with Crippen LogP contribution in [0.3, 0.4) is 0 Å². The molecule has 0 saturated heterocycles. The average Bonchev–Trinajstić information content (AvgIpc) is 2.76. The van der Waals surface area contributed by atoms with Crippen molar-refractivity contribution in [3.8, 4) is 17.2 Å². The number of nitrogens with one attached hydrogen (secondary N) is 2. The Morgan fingerprint density at radius 2 is 1.61 bits per heavy atom. The molecule has 0 fully saturated rings. The number of ether oxygens (including phenoxy) is 4. The van der Waals surface area contributed by atoms with Gasteiger partial charge in [0.1, 0.15) is 5.75 Å². The van der Waals surface area contributed by atoms with Crippen LogP contribution in [0.15, 0.2) is 36.4 Å². The number of hydrogen-bond donors (Lipinski definition) is 2. The lowest BCUT2D eigenvalue weighted by molar-refractivity contribution is -0.124. The Balaban J connectivity index is 1.99. The van der Waals surface area contributed by atoms with Crippen LogP contribution < -0.4 is 24.8 Å². The average molecular weight is 451 g/mol. The molecule has 0 aliphatic heterocycles. The van der Waals surface area contributed by atoms with E-state index in [0.717, 1.165) is 0 Å². The maximum atomic E-state index is 12.3. The van der Waals surface area contributed by atoms with Crippen molar-refractivity contribution in [1.29, 1.82) is 0 Å². The van der Waals surface area contributed by atoms with Gasteiger partial charge in [-0.25, -0.2) is 4.79 Å². The van der Waals surface area contributed by atoms with Crippen molar-refractivity contribution in [3.05, 3.63) is 47.0 Å². The highest BCUT2D eigenvalue weighted by molar-refractivity contribution is 6.31. The van der Waals surface area contributed by atoms with E-state index in [1.807, 2.05) is 0 Å². The molecule has 0 saturated carbocycles. The number of carbonyl (C=O) groups excluding carboxylic acids is 3. The van der Waals surface area contributed by atoms with Gasteiger partial charge in [0.25, 0.3) is 11.8 Å². The summed E-state index contributed by atoms with van der Waals surface area (Å²) in [7, 11) is 2.87. The molecule has 2 aromatic carbocycles. The SMILES string of the molecule is CCNC(=O)COC(=O)c1ccc(OCC(=O)Nc2cc(Cl)ccc2OC)c(OC)c1. The van der Waals surface area contributed by atoms with Crippen molar-refractivity contribution in [2.45, 2.75) is 6.92 Å². The quantitative estimate of drug-likeness (QED) is 0.535. The van der Waals surface area contributed by atoms with E-state index in [1.165, 1.54) is 32.4 Å². The number of esters is 1. The fourth-order valence-electron chi connectivity index (χ4n) is 2.48. The van der Waals surface area contributed by atoms with Crippen molar-refractivity contribution in [3.63, 3.8) is 0 Å². The fraction of sp³-hybridized carbons (Fsp3) is 0.286. The minimum absolute atomic E-state index is 0.168. The van der Waals surface area contributed by atoms with E-state index in [0.29, 0.717) is 23.0 Å². The summed E-state index contributed by atoms with van der Waals surface area (Å²) in [5.41, 5.74) is 0.572. The molecule has 0 aliphatic rings. The van der Waals surface area contributed by atoms with Crippen LogP contribution in [0.4, 0.5) is 5.69 Å². The van der Waals surface area contributed by atoms with Crippen LogP contribution in [0.25, 0.3) is 0 Å². The van der Waals surface area contributed by atoms with Crippen molar-refractivity contribution in [2.75, 3.05) is 39.3 Å². The van der Waals surface area contributed by atoms with E-state index >= 15 is 0 Å². The molecule has 0 spiro atoms. The largest absolute Gasteiger partial charge is 0.495 e. The van der Waals surface area contributed by atoms with Gasteiger partial charge < -0.3 is 29.6 Å². The van der Waals surface area contributed by atoms with Gasteiger partial charge in [0, 0.05) is 11.6 Å². The Labute approximate surface area is 184 Å². The molecule has 0 atom stereocenters. The maximum Gasteiger partial charge on any atom is 0.338 e. The molecule has 0 aromatic heterocycles. The Bertz CT molecular complexity index is 949. The molecular formula is C21H23ClN2O7. The van der Waals surface area contributed by atoms with E-state index in [-0.39, 0.29) is 30.3 Å². The lowest BCUT2D eigenvalue weighted by Gasteiger charge is -2.13. The zero-order valence-corrected chi connectivity index (χ0v) is 18.1. The summed E-state index contributed by atoms with van der Waals surface area (Å²) in [5, 5.41) is 5.61. The predicted molar refractivity (Wildman–Crippen MR) is 114 cm³/mol. The van der Waals surface area contributed by atoms with Gasteiger partial charge in [-0.15, -0.1) is 0 Å². The molecule has 0 heterocycles. The lowest BCUT2D eigenvalue weighted by Crippen LogP contribution is -2.28. The van der Waals surface area contributed by atoms with Crippen LogP contribution in [0, 0.1) is 0 Å². The predicted octanol–water partition coefficient (Wildman–Crippen LogP) is 2.67. The smallest absolute Gasteiger partial charge is 0.338 e. The van der Waals surface area contributed by atoms with Crippen LogP contribution in [-0.4, -0.2) is 51.8 Å². The lowest BCUT2D eigenvalue weighted by atomic mass is 10.2. The van der Waals surface area contributed by atoms with E-state index < -0.39 is 17.8 Å². The van der Waals surface area contributed by atoms with Gasteiger partial charge >= 0.3 is 5.97 Å². The van der Waals surface area contributed by atoms with E-state index in [1.54, 1.807) is 25.1 Å². The first-order chi connectivity index (χ1) is 14.9. The topological polar surface area (TPSA) is 112 Å². The van der Waals surface area contributed by atoms with E-state index in [2.05, 4.69) is 10.6 Å². The molecule has 0 aliphatic carbocycles. The van der Waals surface area contributed by atoms with Crippen LogP contribution in [-0.2, 0) is 14.3 Å². The molecule has 31 heavy (non-hydrogen) atoms. The number of likely N-dealkylation sites (N-methyl/N-ethyl adjacent to an activating group) is 1. The molecule has 0 radical (unpaired) electrons. The number of carbonyl (C=O) groups is 3. The van der Waals surface area contributed by atoms with Crippen LogP contribution in [0.1, 0.15) is 17.3 Å². The van der Waals surface area contributed by atoms with Gasteiger partial charge in [0.05, 0.1) is 25.5 Å². The Morgan fingerprint density at radius 3 is 2.29 bits per heavy atom. The molecule has 2 N–H and O–H groups in total. The first-order valence-electron chi connectivity index (χ1n) is 9.26. The molecule has 2 rings (SSSR count). The second-order valence-electron chi connectivity index (χ2n) is 6.08. The molecule has 0 unspecified atom stereocenters. The summed E-state index contributed by atoms with van der Waals surface area (Å²) in [6, 6.07) is 9.13. The number of anilines is 1. The van der Waals surface area contributed by atoms with Gasteiger partial charge in [0.2, 0.25) is 0 Å². The Morgan fingerprint density at radius 1 is 0.903 bits per heavy atom. The molecular weight excluding hydrogens is 428 g/mol. The number of amides is 2. The first kappa shape index (κ1) is 23.8. The molecule has 9 nitrogen and oxygen atoms in total. The number of benzene rings is 2. The minimum atomic E-state index is -0.693. The zero-order chi connectivity index (χ0) is 22.8. The molecule has 2 aromatic rings. The van der Waals surface area contributed by atoms with Gasteiger partial charge in [0.15, 0.2) is 24.7 Å². The molecule has 2 amide bonds. The number of methoxy groups -OCH3 is 2. The Kier molecular flexibility index (Phi) is 8.95. The standard InChI is InChI=1S/C21H23ClN2O7/c1-4-23-19(25)11-31-21(27)13-5-7-17(18(9-13)29-3)30-12-20(26)24-15-10-14(22)6-8-16(15)28-2/h5-10H,4,11-12H2,1-3H3,(H,23,25)(H,24,26). The first-order valence-corrected chi connectivity index (χ1v) is 9.63. The Hall–Kier alpha value is -3.46. The summed E-state index contributed by atoms with van der Waals surface area (Å²) in [4.78, 5) is 35.8. The number of hydrogen-bond acceptors (Lipinski definition) is 7. The number of halogens is 1. The second kappa shape index (κ2) is 11.7. The third-order valence-electron chi connectivity index (χ3n) is 3.90. The van der Waals surface area contributed by atoms with Gasteiger partial charge in [-0.2, -0.15) is 0 Å². The highest BCUT2D eigenvalue weighted by Gasteiger charge is 2.15. The van der Waals surface area contributed by atoms with Crippen LogP contribution in [0.2, 0.25) is 5.02 Å². The fourth-order valence-corrected chi connectivity index (χ4v) is 2.66.